The third-order valence-corrected chi connectivity index (χ3v) is 5.06. The quantitative estimate of drug-likeness (QED) is 0.774. The number of hydrogen-bond acceptors (Lipinski definition) is 5. The van der Waals surface area contributed by atoms with E-state index in [0.717, 1.165) is 45.0 Å². The van der Waals surface area contributed by atoms with Crippen LogP contribution in [0.2, 0.25) is 0 Å². The van der Waals surface area contributed by atoms with E-state index < -0.39 is 0 Å². The summed E-state index contributed by atoms with van der Waals surface area (Å²) in [5, 5.41) is 7.08. The highest BCUT2D eigenvalue weighted by Crippen LogP contribution is 2.33. The van der Waals surface area contributed by atoms with Gasteiger partial charge in [-0.05, 0) is 45.3 Å². The summed E-state index contributed by atoms with van der Waals surface area (Å²) in [6, 6.07) is 4.37. The normalized spacial score (nSPS) is 18.1. The molecule has 3 rings (SSSR count). The summed E-state index contributed by atoms with van der Waals surface area (Å²) in [6.07, 6.45) is 2.71. The van der Waals surface area contributed by atoms with E-state index in [1.165, 1.54) is 42.9 Å². The lowest BCUT2D eigenvalue weighted by Gasteiger charge is -2.32. The van der Waals surface area contributed by atoms with Crippen LogP contribution in [0.4, 0.5) is 11.4 Å². The monoisotopic (exact) mass is 368 g/mol. The Kier molecular flexibility index (Phi) is 8.13. The Morgan fingerprint density at radius 2 is 1.84 bits per heavy atom. The van der Waals surface area contributed by atoms with Gasteiger partial charge in [-0.15, -0.1) is 12.4 Å². The van der Waals surface area contributed by atoms with E-state index >= 15 is 0 Å². The van der Waals surface area contributed by atoms with Crippen molar-refractivity contribution in [2.75, 3.05) is 69.2 Å². The molecule has 5 nitrogen and oxygen atoms in total. The maximum atomic E-state index is 5.82. The number of nitrogens with one attached hydrogen (secondary N) is 2. The number of likely N-dealkylation sites (tertiary alicyclic amines) is 1. The zero-order chi connectivity index (χ0) is 16.8. The van der Waals surface area contributed by atoms with Crippen molar-refractivity contribution in [2.24, 2.45) is 0 Å². The third-order valence-electron chi connectivity index (χ3n) is 5.06. The van der Waals surface area contributed by atoms with Gasteiger partial charge in [0, 0.05) is 62.8 Å². The number of ether oxygens (including phenoxy) is 1. The second-order valence-corrected chi connectivity index (χ2v) is 6.76. The zero-order valence-corrected chi connectivity index (χ0v) is 16.5. The number of nitrogens with zero attached hydrogens (tertiary/aromatic N) is 2. The van der Waals surface area contributed by atoms with Crippen LogP contribution in [-0.2, 0) is 0 Å². The summed E-state index contributed by atoms with van der Waals surface area (Å²) in [7, 11) is 0. The number of hydrogen-bond donors (Lipinski definition) is 2. The standard InChI is InChI=1S/C19H32N4O.ClH/c1-3-24-17-14-18(21-8-11-22-9-4-5-10-22)16(2)19(15-17)23-12-6-20-7-13-23;/h14-15,20-21H,3-13H2,1-2H3;1H. The number of benzene rings is 1. The van der Waals surface area contributed by atoms with Gasteiger partial charge in [-0.1, -0.05) is 0 Å². The van der Waals surface area contributed by atoms with Crippen molar-refractivity contribution in [2.45, 2.75) is 26.7 Å². The molecule has 2 heterocycles. The summed E-state index contributed by atoms with van der Waals surface area (Å²) >= 11 is 0. The first-order valence-corrected chi connectivity index (χ1v) is 9.47. The van der Waals surface area contributed by atoms with Gasteiger partial charge in [-0.3, -0.25) is 0 Å². The summed E-state index contributed by atoms with van der Waals surface area (Å²) in [5.41, 5.74) is 3.86. The minimum absolute atomic E-state index is 0. The van der Waals surface area contributed by atoms with Crippen molar-refractivity contribution in [3.05, 3.63) is 17.7 Å². The molecule has 0 radical (unpaired) electrons. The molecule has 2 aliphatic heterocycles. The second-order valence-electron chi connectivity index (χ2n) is 6.76. The summed E-state index contributed by atoms with van der Waals surface area (Å²) in [4.78, 5) is 5.02. The van der Waals surface area contributed by atoms with Crippen molar-refractivity contribution in [1.29, 1.82) is 0 Å². The van der Waals surface area contributed by atoms with E-state index in [-0.39, 0.29) is 12.4 Å². The molecule has 2 fully saturated rings. The molecule has 0 saturated carbocycles. The van der Waals surface area contributed by atoms with Crippen LogP contribution in [0, 0.1) is 6.92 Å². The van der Waals surface area contributed by atoms with Crippen LogP contribution in [0.5, 0.6) is 5.75 Å². The van der Waals surface area contributed by atoms with Gasteiger partial charge < -0.3 is 25.2 Å². The molecular formula is C19H33ClN4O. The third kappa shape index (κ3) is 5.40. The Bertz CT molecular complexity index is 528. The molecule has 0 bridgehead atoms. The highest BCUT2D eigenvalue weighted by Gasteiger charge is 2.17. The second kappa shape index (κ2) is 10.1. The van der Waals surface area contributed by atoms with Gasteiger partial charge in [0.2, 0.25) is 0 Å². The molecule has 25 heavy (non-hydrogen) atoms. The zero-order valence-electron chi connectivity index (χ0n) is 15.6. The molecule has 2 N–H and O–H groups in total. The van der Waals surface area contributed by atoms with Crippen LogP contribution in [0.3, 0.4) is 0 Å². The molecule has 0 unspecified atom stereocenters. The number of piperazine rings is 1. The fourth-order valence-corrected chi connectivity index (χ4v) is 3.70. The van der Waals surface area contributed by atoms with Gasteiger partial charge in [-0.2, -0.15) is 0 Å². The Morgan fingerprint density at radius 3 is 2.52 bits per heavy atom. The van der Waals surface area contributed by atoms with Gasteiger partial charge in [0.15, 0.2) is 0 Å². The van der Waals surface area contributed by atoms with Crippen molar-refractivity contribution in [3.8, 4) is 5.75 Å². The molecule has 0 aliphatic carbocycles. The molecular weight excluding hydrogens is 336 g/mol. The maximum Gasteiger partial charge on any atom is 0.123 e. The maximum absolute atomic E-state index is 5.82. The SMILES string of the molecule is CCOc1cc(NCCN2CCCC2)c(C)c(N2CCNCC2)c1.Cl. The number of anilines is 2. The average molecular weight is 369 g/mol. The number of halogens is 1. The highest BCUT2D eigenvalue weighted by atomic mass is 35.5. The van der Waals surface area contributed by atoms with E-state index in [1.54, 1.807) is 0 Å². The van der Waals surface area contributed by atoms with Crippen LogP contribution in [-0.4, -0.2) is 63.9 Å². The van der Waals surface area contributed by atoms with Gasteiger partial charge in [-0.25, -0.2) is 0 Å². The summed E-state index contributed by atoms with van der Waals surface area (Å²) < 4.78 is 5.82. The molecule has 0 atom stereocenters. The minimum atomic E-state index is 0. The molecule has 6 heteroatoms. The minimum Gasteiger partial charge on any atom is -0.494 e. The molecule has 1 aromatic carbocycles. The van der Waals surface area contributed by atoms with Crippen molar-refractivity contribution in [3.63, 3.8) is 0 Å². The van der Waals surface area contributed by atoms with Crippen LogP contribution < -0.4 is 20.3 Å². The van der Waals surface area contributed by atoms with Crippen LogP contribution in [0.1, 0.15) is 25.3 Å². The van der Waals surface area contributed by atoms with Gasteiger partial charge in [0.1, 0.15) is 5.75 Å². The lowest BCUT2D eigenvalue weighted by Crippen LogP contribution is -2.43. The molecule has 142 valence electrons. The van der Waals surface area contributed by atoms with Gasteiger partial charge >= 0.3 is 0 Å². The van der Waals surface area contributed by atoms with Crippen LogP contribution >= 0.6 is 12.4 Å². The average Bonchev–Trinajstić information content (AvgIpc) is 3.12. The van der Waals surface area contributed by atoms with Crippen LogP contribution in [0.25, 0.3) is 0 Å². The first kappa shape index (κ1) is 20.1. The fourth-order valence-electron chi connectivity index (χ4n) is 3.70. The van der Waals surface area contributed by atoms with Crippen molar-refractivity contribution < 1.29 is 4.74 Å². The molecule has 2 aliphatic rings. The molecule has 0 spiro atoms. The first-order valence-electron chi connectivity index (χ1n) is 9.47. The topological polar surface area (TPSA) is 39.8 Å². The molecule has 0 aromatic heterocycles. The van der Waals surface area contributed by atoms with E-state index in [0.29, 0.717) is 6.61 Å². The largest absolute Gasteiger partial charge is 0.494 e. The van der Waals surface area contributed by atoms with E-state index in [2.05, 4.69) is 39.5 Å². The lowest BCUT2D eigenvalue weighted by atomic mass is 10.1. The fraction of sp³-hybridized carbons (Fsp3) is 0.684. The van der Waals surface area contributed by atoms with E-state index in [9.17, 15) is 0 Å². The summed E-state index contributed by atoms with van der Waals surface area (Å²) in [6.45, 7) is 13.8. The van der Waals surface area contributed by atoms with Crippen LogP contribution in [0.15, 0.2) is 12.1 Å². The molecule has 1 aromatic rings. The Morgan fingerprint density at radius 1 is 1.12 bits per heavy atom. The lowest BCUT2D eigenvalue weighted by molar-refractivity contribution is 0.340. The predicted octanol–water partition coefficient (Wildman–Crippen LogP) is 2.73. The smallest absolute Gasteiger partial charge is 0.123 e. The van der Waals surface area contributed by atoms with E-state index in [1.807, 2.05) is 6.92 Å². The summed E-state index contributed by atoms with van der Waals surface area (Å²) in [5.74, 6) is 0.973. The number of rotatable bonds is 7. The molecule has 0 amide bonds. The highest BCUT2D eigenvalue weighted by molar-refractivity contribution is 5.85. The first-order chi connectivity index (χ1) is 11.8. The Labute approximate surface area is 158 Å². The van der Waals surface area contributed by atoms with Crippen molar-refractivity contribution in [1.82, 2.24) is 10.2 Å². The Balaban J connectivity index is 0.00000225. The van der Waals surface area contributed by atoms with Gasteiger partial charge in [0.25, 0.3) is 0 Å². The molecule has 2 saturated heterocycles. The van der Waals surface area contributed by atoms with E-state index in [4.69, 9.17) is 4.74 Å². The Hall–Kier alpha value is -1.17. The predicted molar refractivity (Wildman–Crippen MR) is 109 cm³/mol. The van der Waals surface area contributed by atoms with Gasteiger partial charge in [0.05, 0.1) is 6.61 Å². The van der Waals surface area contributed by atoms with Crippen molar-refractivity contribution >= 4 is 23.8 Å².